The lowest BCUT2D eigenvalue weighted by molar-refractivity contribution is -0.422. The molecule has 0 aromatic heterocycles. The van der Waals surface area contributed by atoms with E-state index in [0.717, 1.165) is 6.07 Å². The van der Waals surface area contributed by atoms with E-state index in [2.05, 4.69) is 0 Å². The fourth-order valence-electron chi connectivity index (χ4n) is 1.97. The molecule has 0 saturated carbocycles. The summed E-state index contributed by atoms with van der Waals surface area (Å²) < 4.78 is 0. The molecule has 0 N–H and O–H groups in total. The van der Waals surface area contributed by atoms with Crippen LogP contribution in [-0.2, 0) is 6.42 Å². The first-order valence-electron chi connectivity index (χ1n) is 5.99. The zero-order valence-electron chi connectivity index (χ0n) is 10.8. The second kappa shape index (κ2) is 5.91. The van der Waals surface area contributed by atoms with Crippen molar-refractivity contribution in [3.05, 3.63) is 79.9 Å². The van der Waals surface area contributed by atoms with Gasteiger partial charge in [0.2, 0.25) is 0 Å². The van der Waals surface area contributed by atoms with Crippen LogP contribution in [0.3, 0.4) is 0 Å². The molecule has 2 aromatic carbocycles. The van der Waals surface area contributed by atoms with E-state index in [1.807, 2.05) is 0 Å². The van der Waals surface area contributed by atoms with Gasteiger partial charge in [-0.1, -0.05) is 36.4 Å². The lowest BCUT2D eigenvalue weighted by Gasteiger charge is -2.03. The van der Waals surface area contributed by atoms with Crippen LogP contribution in [-0.4, -0.2) is 15.6 Å². The summed E-state index contributed by atoms with van der Waals surface area (Å²) in [6, 6.07) is 12.2. The third-order valence-electron chi connectivity index (χ3n) is 2.90. The maximum atomic E-state index is 12.2. The first-order valence-corrected chi connectivity index (χ1v) is 5.99. The zero-order valence-corrected chi connectivity index (χ0v) is 10.8. The first-order chi connectivity index (χ1) is 10.0. The molecule has 0 unspecified atom stereocenters. The quantitative estimate of drug-likeness (QED) is 0.477. The summed E-state index contributed by atoms with van der Waals surface area (Å²) in [6.07, 6.45) is -0.0527. The molecule has 7 heteroatoms. The number of hydrogen-bond acceptors (Lipinski definition) is 5. The van der Waals surface area contributed by atoms with Gasteiger partial charge in [0.05, 0.1) is 9.85 Å². The molecule has 2 aromatic rings. The summed E-state index contributed by atoms with van der Waals surface area (Å²) in [5.41, 5.74) is -1.01. The molecule has 0 atom stereocenters. The molecule has 0 amide bonds. The Balaban J connectivity index is 2.44. The van der Waals surface area contributed by atoms with Gasteiger partial charge in [-0.3, -0.25) is 25.0 Å². The van der Waals surface area contributed by atoms with E-state index in [9.17, 15) is 25.0 Å². The van der Waals surface area contributed by atoms with Crippen molar-refractivity contribution in [1.29, 1.82) is 0 Å². The summed E-state index contributed by atoms with van der Waals surface area (Å²) in [6.45, 7) is 0. The zero-order chi connectivity index (χ0) is 15.4. The van der Waals surface area contributed by atoms with Gasteiger partial charge in [0.1, 0.15) is 5.56 Å². The van der Waals surface area contributed by atoms with Gasteiger partial charge in [-0.05, 0) is 11.6 Å². The maximum absolute atomic E-state index is 12.2. The minimum atomic E-state index is -0.893. The van der Waals surface area contributed by atoms with Gasteiger partial charge in [0.15, 0.2) is 5.78 Å². The third kappa shape index (κ3) is 3.08. The van der Waals surface area contributed by atoms with Crippen LogP contribution in [0, 0.1) is 20.2 Å². The SMILES string of the molecule is O=C(Cc1ccccc1)c1cccc([N+](=O)[O-])c1[N+](=O)[O-]. The van der Waals surface area contributed by atoms with E-state index in [-0.39, 0.29) is 12.0 Å². The van der Waals surface area contributed by atoms with E-state index in [0.29, 0.717) is 5.56 Å². The van der Waals surface area contributed by atoms with E-state index < -0.39 is 27.0 Å². The van der Waals surface area contributed by atoms with E-state index in [1.165, 1.54) is 12.1 Å². The molecule has 0 aliphatic carbocycles. The van der Waals surface area contributed by atoms with E-state index in [1.54, 1.807) is 30.3 Å². The van der Waals surface area contributed by atoms with Crippen molar-refractivity contribution in [3.8, 4) is 0 Å². The number of carbonyl (C=O) groups is 1. The Labute approximate surface area is 119 Å². The van der Waals surface area contributed by atoms with Crippen molar-refractivity contribution in [1.82, 2.24) is 0 Å². The molecule has 0 aliphatic heterocycles. The highest BCUT2D eigenvalue weighted by atomic mass is 16.6. The number of carbonyl (C=O) groups excluding carboxylic acids is 1. The molecule has 7 nitrogen and oxygen atoms in total. The Morgan fingerprint density at radius 1 is 0.905 bits per heavy atom. The van der Waals surface area contributed by atoms with Gasteiger partial charge in [0, 0.05) is 12.5 Å². The number of nitro benzene ring substituents is 2. The summed E-state index contributed by atoms with van der Waals surface area (Å²) in [4.78, 5) is 32.3. The van der Waals surface area contributed by atoms with Crippen molar-refractivity contribution in [2.75, 3.05) is 0 Å². The van der Waals surface area contributed by atoms with Gasteiger partial charge >= 0.3 is 11.4 Å². The Hall–Kier alpha value is -3.09. The number of ketones is 1. The van der Waals surface area contributed by atoms with E-state index >= 15 is 0 Å². The number of hydrogen-bond donors (Lipinski definition) is 0. The highest BCUT2D eigenvalue weighted by Gasteiger charge is 2.31. The monoisotopic (exact) mass is 286 g/mol. The maximum Gasteiger partial charge on any atom is 0.356 e. The highest BCUT2D eigenvalue weighted by Crippen LogP contribution is 2.31. The van der Waals surface area contributed by atoms with Crippen molar-refractivity contribution >= 4 is 17.2 Å². The molecule has 106 valence electrons. The van der Waals surface area contributed by atoms with Crippen LogP contribution < -0.4 is 0 Å². The molecule has 0 saturated heterocycles. The van der Waals surface area contributed by atoms with Crippen LogP contribution in [0.25, 0.3) is 0 Å². The number of nitrogens with zero attached hydrogens (tertiary/aromatic N) is 2. The second-order valence-electron chi connectivity index (χ2n) is 4.27. The molecule has 0 spiro atoms. The highest BCUT2D eigenvalue weighted by molar-refractivity contribution is 6.02. The minimum Gasteiger partial charge on any atom is -0.294 e. The molecular weight excluding hydrogens is 276 g/mol. The average Bonchev–Trinajstić information content (AvgIpc) is 2.47. The van der Waals surface area contributed by atoms with Crippen LogP contribution >= 0.6 is 0 Å². The van der Waals surface area contributed by atoms with Gasteiger partial charge in [-0.2, -0.15) is 0 Å². The first kappa shape index (κ1) is 14.3. The van der Waals surface area contributed by atoms with Crippen LogP contribution in [0.2, 0.25) is 0 Å². The largest absolute Gasteiger partial charge is 0.356 e. The molecule has 0 aliphatic rings. The van der Waals surface area contributed by atoms with Gasteiger partial charge in [0.25, 0.3) is 0 Å². The molecule has 0 bridgehead atoms. The summed E-state index contributed by atoms with van der Waals surface area (Å²) in [5.74, 6) is -0.531. The number of para-hydroxylation sites is 1. The second-order valence-corrected chi connectivity index (χ2v) is 4.27. The molecule has 0 radical (unpaired) electrons. The topological polar surface area (TPSA) is 103 Å². The molecular formula is C14H10N2O5. The number of rotatable bonds is 5. The fourth-order valence-corrected chi connectivity index (χ4v) is 1.97. The Morgan fingerprint density at radius 3 is 2.14 bits per heavy atom. The lowest BCUT2D eigenvalue weighted by atomic mass is 10.0. The van der Waals surface area contributed by atoms with Crippen molar-refractivity contribution in [2.24, 2.45) is 0 Å². The molecule has 0 heterocycles. The normalized spacial score (nSPS) is 10.1. The predicted octanol–water partition coefficient (Wildman–Crippen LogP) is 2.93. The number of benzene rings is 2. The summed E-state index contributed by atoms with van der Waals surface area (Å²) in [7, 11) is 0. The predicted molar refractivity (Wildman–Crippen MR) is 74.2 cm³/mol. The van der Waals surface area contributed by atoms with Crippen molar-refractivity contribution in [3.63, 3.8) is 0 Å². The van der Waals surface area contributed by atoms with Crippen LogP contribution in [0.4, 0.5) is 11.4 Å². The smallest absolute Gasteiger partial charge is 0.294 e. The van der Waals surface area contributed by atoms with Crippen molar-refractivity contribution < 1.29 is 14.6 Å². The Kier molecular flexibility index (Phi) is 4.03. The van der Waals surface area contributed by atoms with Crippen LogP contribution in [0.5, 0.6) is 0 Å². The third-order valence-corrected chi connectivity index (χ3v) is 2.90. The number of nitro groups is 2. The van der Waals surface area contributed by atoms with Crippen LogP contribution in [0.1, 0.15) is 15.9 Å². The Bertz CT molecular complexity index is 713. The molecule has 2 rings (SSSR count). The van der Waals surface area contributed by atoms with Gasteiger partial charge < -0.3 is 0 Å². The molecule has 21 heavy (non-hydrogen) atoms. The lowest BCUT2D eigenvalue weighted by Crippen LogP contribution is -2.09. The Morgan fingerprint density at radius 2 is 1.57 bits per heavy atom. The van der Waals surface area contributed by atoms with Gasteiger partial charge in [-0.25, -0.2) is 0 Å². The summed E-state index contributed by atoms with van der Waals surface area (Å²) in [5, 5.41) is 21.9. The minimum absolute atomic E-state index is 0.0527. The van der Waals surface area contributed by atoms with Crippen LogP contribution in [0.15, 0.2) is 48.5 Å². The number of Topliss-reactive ketones (excluding diaryl/α,β-unsaturated/α-hetero) is 1. The van der Waals surface area contributed by atoms with E-state index in [4.69, 9.17) is 0 Å². The molecule has 0 fully saturated rings. The summed E-state index contributed by atoms with van der Waals surface area (Å²) >= 11 is 0. The fraction of sp³-hybridized carbons (Fsp3) is 0.0714. The average molecular weight is 286 g/mol. The standard InChI is InChI=1S/C14H10N2O5/c17-13(9-10-5-2-1-3-6-10)11-7-4-8-12(15(18)19)14(11)16(20)21/h1-8H,9H2. The van der Waals surface area contributed by atoms with Gasteiger partial charge in [-0.15, -0.1) is 0 Å². The van der Waals surface area contributed by atoms with Crippen molar-refractivity contribution in [2.45, 2.75) is 6.42 Å².